The minimum absolute atomic E-state index is 0.0388. The number of pyridine rings is 1. The van der Waals surface area contributed by atoms with Gasteiger partial charge in [0.1, 0.15) is 11.4 Å². The first-order chi connectivity index (χ1) is 16.5. The van der Waals surface area contributed by atoms with E-state index in [1.807, 2.05) is 11.9 Å². The first-order valence-electron chi connectivity index (χ1n) is 10.1. The van der Waals surface area contributed by atoms with E-state index in [0.29, 0.717) is 37.4 Å². The average molecular weight is 552 g/mol. The summed E-state index contributed by atoms with van der Waals surface area (Å²) in [5, 5.41) is 9.41. The van der Waals surface area contributed by atoms with Gasteiger partial charge in [0.2, 0.25) is 5.43 Å². The van der Waals surface area contributed by atoms with Gasteiger partial charge in [-0.15, -0.1) is 0 Å². The van der Waals surface area contributed by atoms with E-state index in [1.54, 1.807) is 4.90 Å². The maximum Gasteiger partial charge on any atom is 0.430 e. The van der Waals surface area contributed by atoms with Gasteiger partial charge < -0.3 is 39.2 Å². The third kappa shape index (κ3) is 5.60. The lowest BCUT2D eigenvalue weighted by Crippen LogP contribution is -2.45. The number of carboxylic acids is 1. The van der Waals surface area contributed by atoms with Crippen LogP contribution in [0.5, 0.6) is 0 Å². The number of rotatable bonds is 6. The first kappa shape index (κ1) is 27.7. The number of aromatic carboxylic acids is 1. The molecule has 1 fully saturated rings. The Hall–Kier alpha value is -2.84. The van der Waals surface area contributed by atoms with Crippen molar-refractivity contribution in [2.45, 2.75) is 5.59 Å². The van der Waals surface area contributed by atoms with Crippen molar-refractivity contribution in [3.63, 3.8) is 0 Å². The number of carbonyl (C=O) groups is 2. The molecular formula is C18H23FN4O11P2. The van der Waals surface area contributed by atoms with E-state index in [0.717, 1.165) is 17.8 Å². The van der Waals surface area contributed by atoms with Crippen LogP contribution in [0.2, 0.25) is 0 Å². The highest BCUT2D eigenvalue weighted by atomic mass is 31.2. The predicted molar refractivity (Wildman–Crippen MR) is 123 cm³/mol. The van der Waals surface area contributed by atoms with Crippen LogP contribution in [0.1, 0.15) is 10.4 Å². The van der Waals surface area contributed by atoms with Gasteiger partial charge in [-0.3, -0.25) is 18.6 Å². The van der Waals surface area contributed by atoms with Gasteiger partial charge in [-0.25, -0.2) is 19.0 Å². The Bertz CT molecular complexity index is 1340. The third-order valence-electron chi connectivity index (χ3n) is 5.50. The van der Waals surface area contributed by atoms with Gasteiger partial charge in [0.25, 0.3) is 0 Å². The summed E-state index contributed by atoms with van der Waals surface area (Å²) >= 11 is 0. The second-order valence-electron chi connectivity index (χ2n) is 8.04. The average Bonchev–Trinajstić information content (AvgIpc) is 2.76. The van der Waals surface area contributed by atoms with Gasteiger partial charge >= 0.3 is 32.8 Å². The van der Waals surface area contributed by atoms with Gasteiger partial charge in [0, 0.05) is 39.4 Å². The summed E-state index contributed by atoms with van der Waals surface area (Å²) in [5.74, 6) is -2.55. The molecule has 2 aromatic rings. The Morgan fingerprint density at radius 3 is 2.14 bits per heavy atom. The van der Waals surface area contributed by atoms with Crippen molar-refractivity contribution in [1.29, 1.82) is 0 Å². The summed E-state index contributed by atoms with van der Waals surface area (Å²) in [5.41, 5.74) is -5.22. The quantitative estimate of drug-likeness (QED) is 0.298. The van der Waals surface area contributed by atoms with E-state index in [-0.39, 0.29) is 11.2 Å². The molecule has 0 unspecified atom stereocenters. The van der Waals surface area contributed by atoms with Crippen molar-refractivity contribution < 1.29 is 52.5 Å². The lowest BCUT2D eigenvalue weighted by molar-refractivity contribution is 0.0694. The van der Waals surface area contributed by atoms with Crippen LogP contribution in [-0.4, -0.2) is 92.2 Å². The summed E-state index contributed by atoms with van der Waals surface area (Å²) in [4.78, 5) is 77.5. The summed E-state index contributed by atoms with van der Waals surface area (Å²) in [6.07, 6.45) is -1.01. The number of carboxylic acid groups (broad SMARTS) is 1. The predicted octanol–water partition coefficient (Wildman–Crippen LogP) is -0.0660. The highest BCUT2D eigenvalue weighted by Gasteiger charge is 2.47. The standard InChI is InChI=1S/C18H23FN4O11P2/c1-20-3-5-22(6-4-20)14-8-13-10(7-12(14)19)15(24)11(16(25)26)9-23(13)21(2)17(27)34-18(35(28,29)30)36(31,32)33/h7-9,18H,3-6H2,1-2H3,(H,25,26)(H2,28,29,30)(H2,31,32,33). The fraction of sp³-hybridized carbons (Fsp3) is 0.389. The van der Waals surface area contributed by atoms with E-state index in [2.05, 4.69) is 4.74 Å². The summed E-state index contributed by atoms with van der Waals surface area (Å²) in [7, 11) is -8.50. The number of amides is 1. The molecule has 36 heavy (non-hydrogen) atoms. The number of aromatic nitrogens is 1. The van der Waals surface area contributed by atoms with Crippen molar-refractivity contribution >= 4 is 43.8 Å². The molecule has 0 aliphatic carbocycles. The van der Waals surface area contributed by atoms with Crippen LogP contribution in [-0.2, 0) is 13.9 Å². The zero-order valence-electron chi connectivity index (χ0n) is 18.9. The maximum absolute atomic E-state index is 15.0. The number of carbonyl (C=O) groups excluding carboxylic acids is 1. The molecule has 3 rings (SSSR count). The van der Waals surface area contributed by atoms with Crippen LogP contribution in [0.3, 0.4) is 0 Å². The van der Waals surface area contributed by atoms with Crippen molar-refractivity contribution in [2.24, 2.45) is 0 Å². The molecule has 0 bridgehead atoms. The van der Waals surface area contributed by atoms with Crippen LogP contribution >= 0.6 is 15.2 Å². The van der Waals surface area contributed by atoms with Crippen LogP contribution in [0.25, 0.3) is 10.9 Å². The topological polar surface area (TPSA) is 210 Å². The summed E-state index contributed by atoms with van der Waals surface area (Å²) in [6, 6.07) is 2.00. The van der Waals surface area contributed by atoms with Crippen molar-refractivity contribution in [2.75, 3.05) is 50.2 Å². The summed E-state index contributed by atoms with van der Waals surface area (Å²) < 4.78 is 43.1. The van der Waals surface area contributed by atoms with E-state index in [1.165, 1.54) is 6.07 Å². The minimum Gasteiger partial charge on any atom is -0.477 e. The number of hydrogen-bond acceptors (Lipinski definition) is 8. The third-order valence-corrected chi connectivity index (χ3v) is 8.66. The molecule has 18 heteroatoms. The van der Waals surface area contributed by atoms with Gasteiger partial charge in [-0.05, 0) is 19.2 Å². The molecule has 0 radical (unpaired) electrons. The Balaban J connectivity index is 2.16. The van der Waals surface area contributed by atoms with E-state index < -0.39 is 55.0 Å². The molecule has 15 nitrogen and oxygen atoms in total. The molecule has 1 aliphatic heterocycles. The molecule has 5 N–H and O–H groups in total. The number of likely N-dealkylation sites (N-methyl/N-ethyl adjacent to an activating group) is 1. The molecule has 0 spiro atoms. The zero-order valence-corrected chi connectivity index (χ0v) is 20.7. The number of ether oxygens (including phenoxy) is 1. The molecular weight excluding hydrogens is 529 g/mol. The fourth-order valence-electron chi connectivity index (χ4n) is 3.60. The van der Waals surface area contributed by atoms with Crippen molar-refractivity contribution in [3.8, 4) is 0 Å². The molecule has 1 saturated heterocycles. The van der Waals surface area contributed by atoms with Crippen molar-refractivity contribution in [3.05, 3.63) is 39.9 Å². The maximum atomic E-state index is 15.0. The smallest absolute Gasteiger partial charge is 0.430 e. The van der Waals surface area contributed by atoms with Gasteiger partial charge in [-0.2, -0.15) is 0 Å². The van der Waals surface area contributed by atoms with Crippen LogP contribution in [0, 0.1) is 5.82 Å². The minimum atomic E-state index is -5.65. The molecule has 0 atom stereocenters. The van der Waals surface area contributed by atoms with Crippen molar-refractivity contribution in [1.82, 2.24) is 9.58 Å². The number of fused-ring (bicyclic) bond motifs is 1. The largest absolute Gasteiger partial charge is 0.477 e. The SMILES string of the molecule is CN1CCN(c2cc3c(cc2F)c(=O)c(C(=O)O)cn3N(C)C(=O)OC(P(=O)(O)O)P(=O)(O)O)CC1. The lowest BCUT2D eigenvalue weighted by atomic mass is 10.1. The number of anilines is 1. The highest BCUT2D eigenvalue weighted by Crippen LogP contribution is 2.60. The Kier molecular flexibility index (Phi) is 7.63. The molecule has 0 saturated carbocycles. The highest BCUT2D eigenvalue weighted by molar-refractivity contribution is 7.70. The molecule has 198 valence electrons. The van der Waals surface area contributed by atoms with E-state index in [9.17, 15) is 48.2 Å². The normalized spacial score (nSPS) is 15.4. The number of hydrogen-bond donors (Lipinski definition) is 5. The Labute approximate surface area is 202 Å². The monoisotopic (exact) mass is 552 g/mol. The molecule has 2 heterocycles. The van der Waals surface area contributed by atoms with Gasteiger partial charge in [-0.1, -0.05) is 0 Å². The van der Waals surface area contributed by atoms with Gasteiger partial charge in [0.05, 0.1) is 16.6 Å². The van der Waals surface area contributed by atoms with Crippen LogP contribution in [0.4, 0.5) is 14.9 Å². The second kappa shape index (κ2) is 9.90. The fourth-order valence-corrected chi connectivity index (χ4v) is 5.62. The van der Waals surface area contributed by atoms with Crippen LogP contribution < -0.4 is 15.3 Å². The molecule has 1 aliphatic rings. The molecule has 1 aromatic carbocycles. The second-order valence-corrected chi connectivity index (χ2v) is 11.7. The first-order valence-corrected chi connectivity index (χ1v) is 13.5. The number of piperazine rings is 1. The summed E-state index contributed by atoms with van der Waals surface area (Å²) in [6.45, 7) is 2.03. The number of benzene rings is 1. The van der Waals surface area contributed by atoms with E-state index in [4.69, 9.17) is 0 Å². The molecule has 1 amide bonds. The number of nitrogens with zero attached hydrogens (tertiary/aromatic N) is 4. The Morgan fingerprint density at radius 2 is 1.64 bits per heavy atom. The Morgan fingerprint density at radius 1 is 1.08 bits per heavy atom. The lowest BCUT2D eigenvalue weighted by Gasteiger charge is -2.34. The van der Waals surface area contributed by atoms with E-state index >= 15 is 4.39 Å². The van der Waals surface area contributed by atoms with Gasteiger partial charge in [0.15, 0.2) is 0 Å². The number of halogens is 1. The zero-order chi connectivity index (χ0) is 27.2. The van der Waals surface area contributed by atoms with Crippen LogP contribution in [0.15, 0.2) is 23.1 Å². The molecule has 1 aromatic heterocycles.